The lowest BCUT2D eigenvalue weighted by Crippen LogP contribution is -2.45. The van der Waals surface area contributed by atoms with Crippen LogP contribution in [0.5, 0.6) is 0 Å². The topological polar surface area (TPSA) is 118 Å². The second kappa shape index (κ2) is 14.0. The van der Waals surface area contributed by atoms with Crippen LogP contribution in [0, 0.1) is 24.5 Å². The zero-order valence-electron chi connectivity index (χ0n) is 25.8. The van der Waals surface area contributed by atoms with Crippen molar-refractivity contribution in [1.29, 1.82) is 0 Å². The zero-order valence-corrected chi connectivity index (χ0v) is 25.8. The fourth-order valence-corrected chi connectivity index (χ4v) is 5.87. The van der Waals surface area contributed by atoms with Crippen molar-refractivity contribution >= 4 is 17.8 Å². The zero-order chi connectivity index (χ0) is 32.1. The normalized spacial score (nSPS) is 17.3. The number of ether oxygens (including phenoxy) is 1. The third-order valence-electron chi connectivity index (χ3n) is 8.16. The Balaban J connectivity index is 1.36. The summed E-state index contributed by atoms with van der Waals surface area (Å²) in [7, 11) is 3.42. The highest BCUT2D eigenvalue weighted by atomic mass is 19.2. The number of carbonyl (C=O) groups excluding carboxylic acids is 2. The maximum Gasteiger partial charge on any atom is 0.320 e. The van der Waals surface area contributed by atoms with Crippen LogP contribution in [-0.2, 0) is 16.6 Å². The number of nitrogens with one attached hydrogen (secondary N) is 3. The van der Waals surface area contributed by atoms with E-state index in [0.29, 0.717) is 43.3 Å². The summed E-state index contributed by atoms with van der Waals surface area (Å²) in [6, 6.07) is 12.9. The molecule has 4 aromatic rings. The second-order valence-corrected chi connectivity index (χ2v) is 11.3. The molecule has 0 radical (unpaired) electrons. The van der Waals surface area contributed by atoms with Gasteiger partial charge in [0.25, 0.3) is 0 Å². The van der Waals surface area contributed by atoms with E-state index in [4.69, 9.17) is 9.84 Å². The van der Waals surface area contributed by atoms with Gasteiger partial charge in [-0.25, -0.2) is 18.3 Å². The molecule has 3 heterocycles. The number of anilines is 1. The molecule has 3 amide bonds. The fraction of sp³-hybridized carbons (Fsp3) is 0.375. The van der Waals surface area contributed by atoms with Gasteiger partial charge in [0.15, 0.2) is 11.6 Å². The van der Waals surface area contributed by atoms with E-state index in [1.54, 1.807) is 28.7 Å². The smallest absolute Gasteiger partial charge is 0.320 e. The number of rotatable bonds is 11. The van der Waals surface area contributed by atoms with Gasteiger partial charge in [-0.05, 0) is 42.7 Å². The Morgan fingerprint density at radius 2 is 1.87 bits per heavy atom. The molecule has 13 heteroatoms. The van der Waals surface area contributed by atoms with E-state index in [9.17, 15) is 18.4 Å². The van der Waals surface area contributed by atoms with Crippen LogP contribution in [0.25, 0.3) is 16.9 Å². The SMILES string of the molecule is COCC(CNC(C)=O)N1C[C@@H](CNC(=O)Nc2c(C)c(-c3cnn(C)c3)nn2-c2ccccc2)[C@H](c2ccc(F)c(F)c2)C1. The molecule has 2 aromatic carbocycles. The maximum atomic E-state index is 14.3. The van der Waals surface area contributed by atoms with Crippen molar-refractivity contribution in [2.75, 3.05) is 45.2 Å². The number of carbonyl (C=O) groups is 2. The number of aromatic nitrogens is 4. The number of methoxy groups -OCH3 is 1. The predicted molar refractivity (Wildman–Crippen MR) is 166 cm³/mol. The Hall–Kier alpha value is -4.62. The molecule has 3 N–H and O–H groups in total. The van der Waals surface area contributed by atoms with Crippen molar-refractivity contribution in [2.24, 2.45) is 13.0 Å². The van der Waals surface area contributed by atoms with Gasteiger partial charge < -0.3 is 15.4 Å². The van der Waals surface area contributed by atoms with Crippen molar-refractivity contribution in [2.45, 2.75) is 25.8 Å². The first-order chi connectivity index (χ1) is 21.6. The molecule has 1 aliphatic heterocycles. The monoisotopic (exact) mass is 620 g/mol. The Morgan fingerprint density at radius 1 is 1.09 bits per heavy atom. The summed E-state index contributed by atoms with van der Waals surface area (Å²) in [6.45, 7) is 5.41. The number of hydrogen-bond acceptors (Lipinski definition) is 6. The van der Waals surface area contributed by atoms with Gasteiger partial charge >= 0.3 is 6.03 Å². The summed E-state index contributed by atoms with van der Waals surface area (Å²) in [6.07, 6.45) is 3.59. The van der Waals surface area contributed by atoms with Gasteiger partial charge in [-0.2, -0.15) is 10.2 Å². The van der Waals surface area contributed by atoms with Crippen LogP contribution in [0.15, 0.2) is 60.9 Å². The third-order valence-corrected chi connectivity index (χ3v) is 8.16. The number of likely N-dealkylation sites (tertiary alicyclic amines) is 1. The van der Waals surface area contributed by atoms with Gasteiger partial charge in [-0.15, -0.1) is 0 Å². The molecular formula is C32H38F2N8O3. The minimum atomic E-state index is -0.920. The predicted octanol–water partition coefficient (Wildman–Crippen LogP) is 3.85. The highest BCUT2D eigenvalue weighted by molar-refractivity contribution is 5.90. The number of amides is 3. The molecule has 1 unspecified atom stereocenters. The Kier molecular flexibility index (Phi) is 9.89. The lowest BCUT2D eigenvalue weighted by Gasteiger charge is -2.27. The van der Waals surface area contributed by atoms with Crippen molar-refractivity contribution in [1.82, 2.24) is 35.1 Å². The van der Waals surface area contributed by atoms with E-state index in [0.717, 1.165) is 22.9 Å². The molecule has 11 nitrogen and oxygen atoms in total. The first-order valence-electron chi connectivity index (χ1n) is 14.8. The van der Waals surface area contributed by atoms with E-state index in [-0.39, 0.29) is 30.3 Å². The molecule has 0 spiro atoms. The molecule has 1 aliphatic rings. The van der Waals surface area contributed by atoms with Crippen LogP contribution >= 0.6 is 0 Å². The van der Waals surface area contributed by atoms with E-state index < -0.39 is 17.7 Å². The maximum absolute atomic E-state index is 14.3. The van der Waals surface area contributed by atoms with Gasteiger partial charge in [0.1, 0.15) is 11.5 Å². The van der Waals surface area contributed by atoms with Gasteiger partial charge in [0.05, 0.1) is 24.5 Å². The average molecular weight is 621 g/mol. The van der Waals surface area contributed by atoms with Gasteiger partial charge in [-0.3, -0.25) is 19.7 Å². The molecule has 0 bridgehead atoms. The first-order valence-corrected chi connectivity index (χ1v) is 14.8. The molecule has 3 atom stereocenters. The molecule has 5 rings (SSSR count). The number of aryl methyl sites for hydroxylation is 1. The van der Waals surface area contributed by atoms with E-state index >= 15 is 0 Å². The van der Waals surface area contributed by atoms with Crippen molar-refractivity contribution in [3.63, 3.8) is 0 Å². The molecule has 238 valence electrons. The second-order valence-electron chi connectivity index (χ2n) is 11.3. The molecule has 2 aromatic heterocycles. The van der Waals surface area contributed by atoms with E-state index in [2.05, 4.69) is 25.9 Å². The standard InChI is InChI=1S/C32H38F2N8O3/c1-20-30(24-14-37-40(3)16-24)39-42(25-8-6-5-7-9-25)31(20)38-32(44)36-13-23-17-41(26(19-45-4)15-35-21(2)43)18-27(23)22-10-11-28(33)29(34)12-22/h5-12,14,16,23,26-27H,13,15,17-19H2,1-4H3,(H,35,43)(H2,36,38,44)/t23-,26?,27+/m1/s1. The highest BCUT2D eigenvalue weighted by Crippen LogP contribution is 2.35. The Bertz CT molecular complexity index is 1640. The third kappa shape index (κ3) is 7.37. The summed E-state index contributed by atoms with van der Waals surface area (Å²) in [5.74, 6) is -1.82. The minimum Gasteiger partial charge on any atom is -0.383 e. The summed E-state index contributed by atoms with van der Waals surface area (Å²) in [5, 5.41) is 17.9. The van der Waals surface area contributed by atoms with Gasteiger partial charge in [0.2, 0.25) is 5.91 Å². The van der Waals surface area contributed by atoms with Gasteiger partial charge in [-0.1, -0.05) is 24.3 Å². The molecule has 1 saturated heterocycles. The Morgan fingerprint density at radius 3 is 2.53 bits per heavy atom. The van der Waals surface area contributed by atoms with Crippen molar-refractivity contribution < 1.29 is 23.1 Å². The van der Waals surface area contributed by atoms with Crippen molar-refractivity contribution in [3.8, 4) is 16.9 Å². The number of para-hydroxylation sites is 1. The molecular weight excluding hydrogens is 582 g/mol. The number of urea groups is 1. The summed E-state index contributed by atoms with van der Waals surface area (Å²) < 4.78 is 36.9. The van der Waals surface area contributed by atoms with Crippen LogP contribution in [0.1, 0.15) is 24.0 Å². The van der Waals surface area contributed by atoms with Crippen LogP contribution in [0.2, 0.25) is 0 Å². The first kappa shape index (κ1) is 31.8. The van der Waals surface area contributed by atoms with Crippen LogP contribution in [0.3, 0.4) is 0 Å². The van der Waals surface area contributed by atoms with Crippen molar-refractivity contribution in [3.05, 3.63) is 83.7 Å². The summed E-state index contributed by atoms with van der Waals surface area (Å²) >= 11 is 0. The Labute approximate surface area is 260 Å². The van der Waals surface area contributed by atoms with E-state index in [1.165, 1.54) is 13.0 Å². The lowest BCUT2D eigenvalue weighted by atomic mass is 9.89. The van der Waals surface area contributed by atoms with Gasteiger partial charge in [0, 0.05) is 70.5 Å². The fourth-order valence-electron chi connectivity index (χ4n) is 5.87. The average Bonchev–Trinajstić information content (AvgIpc) is 3.73. The number of benzene rings is 2. The van der Waals surface area contributed by atoms with Crippen LogP contribution in [0.4, 0.5) is 19.4 Å². The molecule has 1 fully saturated rings. The van der Waals surface area contributed by atoms with Crippen LogP contribution in [-0.4, -0.2) is 82.3 Å². The number of hydrogen-bond donors (Lipinski definition) is 3. The molecule has 45 heavy (non-hydrogen) atoms. The minimum absolute atomic E-state index is 0.136. The summed E-state index contributed by atoms with van der Waals surface area (Å²) in [4.78, 5) is 27.2. The van der Waals surface area contributed by atoms with E-state index in [1.807, 2.05) is 50.5 Å². The number of nitrogens with zero attached hydrogens (tertiary/aromatic N) is 5. The lowest BCUT2D eigenvalue weighted by molar-refractivity contribution is -0.119. The molecule has 0 aliphatic carbocycles. The summed E-state index contributed by atoms with van der Waals surface area (Å²) in [5.41, 5.74) is 3.70. The molecule has 0 saturated carbocycles. The highest BCUT2D eigenvalue weighted by Gasteiger charge is 2.37. The van der Waals surface area contributed by atoms with Crippen LogP contribution < -0.4 is 16.0 Å². The largest absolute Gasteiger partial charge is 0.383 e. The number of halogens is 2. The quantitative estimate of drug-likeness (QED) is 0.235.